The summed E-state index contributed by atoms with van der Waals surface area (Å²) < 4.78 is 11.1. The second-order valence-electron chi connectivity index (χ2n) is 9.24. The molecule has 0 spiro atoms. The Morgan fingerprint density at radius 1 is 1.11 bits per heavy atom. The molecule has 7 nitrogen and oxygen atoms in total. The van der Waals surface area contributed by atoms with Crippen molar-refractivity contribution >= 4 is 17.6 Å². The molecule has 182 valence electrons. The Morgan fingerprint density at radius 3 is 2.71 bits per heavy atom. The SMILES string of the molecule is CCOC(=O)C1CCCN(C(=O)c2ccc(-c3nc(CN4CCc5ccccc54)c(C)o3)cc2)C1. The van der Waals surface area contributed by atoms with Gasteiger partial charge in [0.1, 0.15) is 11.5 Å². The third-order valence-electron chi connectivity index (χ3n) is 6.92. The molecule has 0 aliphatic carbocycles. The first-order valence-electron chi connectivity index (χ1n) is 12.4. The van der Waals surface area contributed by atoms with E-state index in [4.69, 9.17) is 14.1 Å². The maximum absolute atomic E-state index is 13.1. The highest BCUT2D eigenvalue weighted by molar-refractivity contribution is 5.95. The van der Waals surface area contributed by atoms with Crippen LogP contribution in [-0.2, 0) is 22.5 Å². The minimum absolute atomic E-state index is 0.0671. The van der Waals surface area contributed by atoms with Gasteiger partial charge in [-0.05, 0) is 69.0 Å². The van der Waals surface area contributed by atoms with Crippen molar-refractivity contribution in [2.24, 2.45) is 5.92 Å². The van der Waals surface area contributed by atoms with E-state index in [0.29, 0.717) is 37.7 Å². The molecule has 1 fully saturated rings. The van der Waals surface area contributed by atoms with Crippen molar-refractivity contribution in [3.05, 3.63) is 71.1 Å². The van der Waals surface area contributed by atoms with E-state index in [1.807, 2.05) is 31.2 Å². The monoisotopic (exact) mass is 473 g/mol. The zero-order chi connectivity index (χ0) is 24.4. The molecule has 35 heavy (non-hydrogen) atoms. The van der Waals surface area contributed by atoms with Crippen molar-refractivity contribution in [2.75, 3.05) is 31.1 Å². The number of likely N-dealkylation sites (tertiary alicyclic amines) is 1. The van der Waals surface area contributed by atoms with E-state index in [0.717, 1.165) is 42.8 Å². The molecule has 1 unspecified atom stereocenters. The fourth-order valence-electron chi connectivity index (χ4n) is 5.00. The normalized spacial score (nSPS) is 17.4. The topological polar surface area (TPSA) is 75.9 Å². The van der Waals surface area contributed by atoms with Crippen LogP contribution in [-0.4, -0.2) is 48.0 Å². The van der Waals surface area contributed by atoms with Crippen LogP contribution in [0.4, 0.5) is 5.69 Å². The average molecular weight is 474 g/mol. The third kappa shape index (κ3) is 4.81. The highest BCUT2D eigenvalue weighted by Gasteiger charge is 2.30. The number of rotatable bonds is 6. The van der Waals surface area contributed by atoms with Crippen molar-refractivity contribution in [1.29, 1.82) is 0 Å². The zero-order valence-electron chi connectivity index (χ0n) is 20.3. The van der Waals surface area contributed by atoms with Crippen LogP contribution < -0.4 is 4.90 Å². The number of nitrogens with zero attached hydrogens (tertiary/aromatic N) is 3. The van der Waals surface area contributed by atoms with E-state index in [9.17, 15) is 9.59 Å². The van der Waals surface area contributed by atoms with Crippen molar-refractivity contribution in [3.8, 4) is 11.5 Å². The highest BCUT2D eigenvalue weighted by Crippen LogP contribution is 2.30. The molecule has 3 heterocycles. The Balaban J connectivity index is 1.26. The average Bonchev–Trinajstić information content (AvgIpc) is 3.47. The number of carbonyl (C=O) groups is 2. The number of oxazole rings is 1. The highest BCUT2D eigenvalue weighted by atomic mass is 16.5. The van der Waals surface area contributed by atoms with Gasteiger partial charge in [-0.1, -0.05) is 18.2 Å². The van der Waals surface area contributed by atoms with E-state index in [-0.39, 0.29) is 17.8 Å². The van der Waals surface area contributed by atoms with Crippen molar-refractivity contribution in [2.45, 2.75) is 39.7 Å². The van der Waals surface area contributed by atoms with Gasteiger partial charge in [0, 0.05) is 36.4 Å². The second-order valence-corrected chi connectivity index (χ2v) is 9.24. The van der Waals surface area contributed by atoms with Crippen molar-refractivity contribution in [3.63, 3.8) is 0 Å². The minimum Gasteiger partial charge on any atom is -0.466 e. The molecule has 0 bridgehead atoms. The number of para-hydroxylation sites is 1. The Labute approximate surface area is 205 Å². The molecule has 2 aliphatic rings. The van der Waals surface area contributed by atoms with Gasteiger partial charge in [0.2, 0.25) is 5.89 Å². The molecular formula is C28H31N3O4. The van der Waals surface area contributed by atoms with Crippen LogP contribution in [0.25, 0.3) is 11.5 Å². The van der Waals surface area contributed by atoms with E-state index >= 15 is 0 Å². The van der Waals surface area contributed by atoms with E-state index < -0.39 is 0 Å². The molecule has 0 radical (unpaired) electrons. The number of aryl methyl sites for hydroxylation is 1. The Morgan fingerprint density at radius 2 is 1.91 bits per heavy atom. The number of anilines is 1. The summed E-state index contributed by atoms with van der Waals surface area (Å²) in [5, 5.41) is 0. The number of hydrogen-bond donors (Lipinski definition) is 0. The number of carbonyl (C=O) groups excluding carboxylic acids is 2. The second kappa shape index (κ2) is 9.94. The predicted molar refractivity (Wildman–Crippen MR) is 133 cm³/mol. The van der Waals surface area contributed by atoms with Gasteiger partial charge < -0.3 is 19.0 Å². The largest absolute Gasteiger partial charge is 0.466 e. The van der Waals surface area contributed by atoms with Gasteiger partial charge in [-0.2, -0.15) is 0 Å². The van der Waals surface area contributed by atoms with E-state index in [2.05, 4.69) is 29.2 Å². The van der Waals surface area contributed by atoms with E-state index in [1.54, 1.807) is 11.8 Å². The molecule has 5 rings (SSSR count). The van der Waals surface area contributed by atoms with Crippen LogP contribution >= 0.6 is 0 Å². The maximum atomic E-state index is 13.1. The standard InChI is InChI=1S/C28H31N3O4/c1-3-34-28(33)23-8-6-15-31(17-23)27(32)22-12-10-21(11-13-22)26-29-24(19(2)35-26)18-30-16-14-20-7-4-5-9-25(20)30/h4-5,7,9-13,23H,3,6,8,14-18H2,1-2H3. The Kier molecular flexibility index (Phi) is 6.57. The summed E-state index contributed by atoms with van der Waals surface area (Å²) >= 11 is 0. The Bertz CT molecular complexity index is 1220. The van der Waals surface area contributed by atoms with Gasteiger partial charge in [0.05, 0.1) is 19.1 Å². The van der Waals surface area contributed by atoms with Gasteiger partial charge >= 0.3 is 5.97 Å². The summed E-state index contributed by atoms with van der Waals surface area (Å²) in [5.74, 6) is 0.839. The fraction of sp³-hybridized carbons (Fsp3) is 0.393. The zero-order valence-corrected chi connectivity index (χ0v) is 20.3. The van der Waals surface area contributed by atoms with Crippen molar-refractivity contribution < 1.29 is 18.7 Å². The molecule has 3 aromatic rings. The summed E-state index contributed by atoms with van der Waals surface area (Å²) in [5.41, 5.74) is 4.99. The Hall–Kier alpha value is -3.61. The number of ether oxygens (including phenoxy) is 1. The molecular weight excluding hydrogens is 442 g/mol. The summed E-state index contributed by atoms with van der Waals surface area (Å²) in [6, 6.07) is 15.9. The lowest BCUT2D eigenvalue weighted by Crippen LogP contribution is -2.42. The number of aromatic nitrogens is 1. The van der Waals surface area contributed by atoms with Gasteiger partial charge in [-0.25, -0.2) is 4.98 Å². The van der Waals surface area contributed by atoms with Crippen LogP contribution in [0, 0.1) is 12.8 Å². The summed E-state index contributed by atoms with van der Waals surface area (Å²) in [4.78, 5) is 34.0. The third-order valence-corrected chi connectivity index (χ3v) is 6.92. The first kappa shape index (κ1) is 23.1. The lowest BCUT2D eigenvalue weighted by atomic mass is 9.97. The maximum Gasteiger partial charge on any atom is 0.310 e. The lowest BCUT2D eigenvalue weighted by molar-refractivity contribution is -0.149. The number of esters is 1. The van der Waals surface area contributed by atoms with Crippen LogP contribution in [0.2, 0.25) is 0 Å². The van der Waals surface area contributed by atoms with Gasteiger partial charge in [-0.15, -0.1) is 0 Å². The number of piperidine rings is 1. The first-order chi connectivity index (χ1) is 17.0. The molecule has 0 saturated carbocycles. The molecule has 1 saturated heterocycles. The number of hydrogen-bond acceptors (Lipinski definition) is 6. The lowest BCUT2D eigenvalue weighted by Gasteiger charge is -2.31. The fourth-order valence-corrected chi connectivity index (χ4v) is 5.00. The molecule has 1 atom stereocenters. The number of fused-ring (bicyclic) bond motifs is 1. The van der Waals surface area contributed by atoms with Gasteiger partial charge in [0.15, 0.2) is 0 Å². The quantitative estimate of drug-likeness (QED) is 0.486. The predicted octanol–water partition coefficient (Wildman–Crippen LogP) is 4.63. The van der Waals surface area contributed by atoms with Crippen LogP contribution in [0.15, 0.2) is 52.9 Å². The molecule has 0 N–H and O–H groups in total. The number of amides is 1. The molecule has 2 aromatic carbocycles. The minimum atomic E-state index is -0.247. The molecule has 1 amide bonds. The van der Waals surface area contributed by atoms with Crippen LogP contribution in [0.1, 0.15) is 47.1 Å². The smallest absolute Gasteiger partial charge is 0.310 e. The van der Waals surface area contributed by atoms with Crippen LogP contribution in [0.3, 0.4) is 0 Å². The summed E-state index contributed by atoms with van der Waals surface area (Å²) in [6.07, 6.45) is 2.61. The van der Waals surface area contributed by atoms with Crippen LogP contribution in [0.5, 0.6) is 0 Å². The van der Waals surface area contributed by atoms with Gasteiger partial charge in [0.25, 0.3) is 5.91 Å². The molecule has 2 aliphatic heterocycles. The van der Waals surface area contributed by atoms with E-state index in [1.165, 1.54) is 11.3 Å². The number of benzene rings is 2. The molecule has 1 aromatic heterocycles. The van der Waals surface area contributed by atoms with Crippen molar-refractivity contribution in [1.82, 2.24) is 9.88 Å². The molecule has 7 heteroatoms. The summed E-state index contributed by atoms with van der Waals surface area (Å²) in [7, 11) is 0. The first-order valence-corrected chi connectivity index (χ1v) is 12.4. The summed E-state index contributed by atoms with van der Waals surface area (Å²) in [6.45, 7) is 6.85. The van der Waals surface area contributed by atoms with Gasteiger partial charge in [-0.3, -0.25) is 9.59 Å².